The van der Waals surface area contributed by atoms with Crippen molar-refractivity contribution in [1.29, 1.82) is 0 Å². The molecule has 1 aromatic carbocycles. The molecule has 0 N–H and O–H groups in total. The lowest BCUT2D eigenvalue weighted by Crippen LogP contribution is -2.07. The number of fused-ring (bicyclic) bond motifs is 1. The molecule has 1 aliphatic rings. The minimum absolute atomic E-state index is 0.0208. The lowest BCUT2D eigenvalue weighted by atomic mass is 10.2. The Bertz CT molecular complexity index is 660. The summed E-state index contributed by atoms with van der Waals surface area (Å²) in [5.74, 6) is 0. The highest BCUT2D eigenvalue weighted by Gasteiger charge is 2.34. The van der Waals surface area contributed by atoms with Gasteiger partial charge in [-0.05, 0) is 6.07 Å². The van der Waals surface area contributed by atoms with Crippen LogP contribution in [-0.2, 0) is 19.1 Å². The van der Waals surface area contributed by atoms with Gasteiger partial charge in [0.25, 0.3) is 19.1 Å². The SMILES string of the molecule is O=S(=O)(Cl)C1=NS(=O)(=O)c2ccccc21. The zero-order valence-corrected chi connectivity index (χ0v) is 9.47. The normalized spacial score (nSPS) is 18.3. The van der Waals surface area contributed by atoms with Gasteiger partial charge in [-0.15, -0.1) is 4.40 Å². The van der Waals surface area contributed by atoms with E-state index in [0.29, 0.717) is 0 Å². The van der Waals surface area contributed by atoms with Crippen LogP contribution in [0.2, 0.25) is 0 Å². The molecular formula is C7H4ClNO4S2. The van der Waals surface area contributed by atoms with Crippen LogP contribution in [0.15, 0.2) is 33.6 Å². The van der Waals surface area contributed by atoms with E-state index in [1.54, 1.807) is 0 Å². The second-order valence-electron chi connectivity index (χ2n) is 2.81. The zero-order valence-electron chi connectivity index (χ0n) is 7.08. The third-order valence-electron chi connectivity index (χ3n) is 1.83. The molecule has 0 radical (unpaired) electrons. The number of benzene rings is 1. The first-order valence-corrected chi connectivity index (χ1v) is 7.46. The van der Waals surface area contributed by atoms with E-state index >= 15 is 0 Å². The lowest BCUT2D eigenvalue weighted by Gasteiger charge is -1.96. The number of nitrogens with zero attached hydrogens (tertiary/aromatic N) is 1. The van der Waals surface area contributed by atoms with Gasteiger partial charge in [0.2, 0.25) is 0 Å². The molecule has 5 nitrogen and oxygen atoms in total. The molecule has 0 aliphatic carbocycles. The molecule has 0 bridgehead atoms. The molecule has 8 heteroatoms. The van der Waals surface area contributed by atoms with E-state index in [1.165, 1.54) is 24.3 Å². The summed E-state index contributed by atoms with van der Waals surface area (Å²) in [5, 5.41) is -0.611. The third-order valence-corrected chi connectivity index (χ3v) is 4.49. The van der Waals surface area contributed by atoms with Crippen LogP contribution in [0.1, 0.15) is 5.56 Å². The van der Waals surface area contributed by atoms with Crippen molar-refractivity contribution >= 4 is 34.8 Å². The predicted octanol–water partition coefficient (Wildman–Crippen LogP) is 0.704. The first-order valence-electron chi connectivity index (χ1n) is 3.71. The van der Waals surface area contributed by atoms with E-state index in [1.807, 2.05) is 0 Å². The number of halogens is 1. The average molecular weight is 266 g/mol. The van der Waals surface area contributed by atoms with Gasteiger partial charge >= 0.3 is 0 Å². The Kier molecular flexibility index (Phi) is 2.14. The first kappa shape index (κ1) is 10.6. The molecule has 0 saturated heterocycles. The van der Waals surface area contributed by atoms with Crippen molar-refractivity contribution in [2.75, 3.05) is 0 Å². The van der Waals surface area contributed by atoms with Gasteiger partial charge in [0.15, 0.2) is 5.04 Å². The summed E-state index contributed by atoms with van der Waals surface area (Å²) in [4.78, 5) is -0.135. The maximum atomic E-state index is 11.4. The van der Waals surface area contributed by atoms with Crippen molar-refractivity contribution in [3.63, 3.8) is 0 Å². The molecule has 2 rings (SSSR count). The minimum atomic E-state index is -4.14. The summed E-state index contributed by atoms with van der Waals surface area (Å²) < 4.78 is 48.0. The van der Waals surface area contributed by atoms with Crippen molar-refractivity contribution in [1.82, 2.24) is 0 Å². The smallest absolute Gasteiger partial charge is 0.205 e. The van der Waals surface area contributed by atoms with Crippen LogP contribution in [0.4, 0.5) is 0 Å². The molecule has 0 saturated carbocycles. The highest BCUT2D eigenvalue weighted by Crippen LogP contribution is 2.29. The van der Waals surface area contributed by atoms with Gasteiger partial charge in [-0.1, -0.05) is 18.2 Å². The molecule has 15 heavy (non-hydrogen) atoms. The van der Waals surface area contributed by atoms with Gasteiger partial charge in [-0.3, -0.25) is 0 Å². The van der Waals surface area contributed by atoms with Crippen LogP contribution in [-0.4, -0.2) is 21.9 Å². The van der Waals surface area contributed by atoms with Crippen LogP contribution >= 0.6 is 10.7 Å². The molecule has 0 atom stereocenters. The average Bonchev–Trinajstić information content (AvgIpc) is 2.39. The summed E-state index contributed by atoms with van der Waals surface area (Å²) in [7, 11) is -2.99. The largest absolute Gasteiger partial charge is 0.284 e. The van der Waals surface area contributed by atoms with E-state index in [0.717, 1.165) is 0 Å². The van der Waals surface area contributed by atoms with Crippen LogP contribution in [0.5, 0.6) is 0 Å². The Labute approximate surface area is 90.9 Å². The monoisotopic (exact) mass is 265 g/mol. The predicted molar refractivity (Wildman–Crippen MR) is 54.9 cm³/mol. The first-order chi connectivity index (χ1) is 6.82. The standard InChI is InChI=1S/C7H4ClNO4S2/c8-14(10,11)7-5-3-1-2-4-6(5)15(12,13)9-7/h1-4H. The topological polar surface area (TPSA) is 80.6 Å². The Balaban J connectivity index is 2.87. The molecule has 0 spiro atoms. The Morgan fingerprint density at radius 1 is 1.20 bits per heavy atom. The van der Waals surface area contributed by atoms with Gasteiger partial charge in [-0.25, -0.2) is 8.42 Å². The molecule has 1 aliphatic heterocycles. The zero-order chi connectivity index (χ0) is 11.3. The van der Waals surface area contributed by atoms with Crippen molar-refractivity contribution in [3.8, 4) is 0 Å². The molecular weight excluding hydrogens is 262 g/mol. The quantitative estimate of drug-likeness (QED) is 0.647. The second-order valence-corrected chi connectivity index (χ2v) is 6.86. The van der Waals surface area contributed by atoms with Gasteiger partial charge in [-0.2, -0.15) is 8.42 Å². The Hall–Kier alpha value is -0.920. The second kappa shape index (κ2) is 3.03. The van der Waals surface area contributed by atoms with Crippen LogP contribution < -0.4 is 0 Å². The molecule has 0 aromatic heterocycles. The van der Waals surface area contributed by atoms with Gasteiger partial charge in [0.1, 0.15) is 0 Å². The fourth-order valence-electron chi connectivity index (χ4n) is 1.25. The lowest BCUT2D eigenvalue weighted by molar-refractivity contribution is 0.599. The molecule has 1 heterocycles. The minimum Gasteiger partial charge on any atom is -0.205 e. The van der Waals surface area contributed by atoms with E-state index in [-0.39, 0.29) is 10.5 Å². The number of hydrogen-bond donors (Lipinski definition) is 0. The summed E-state index contributed by atoms with van der Waals surface area (Å²) >= 11 is 0. The van der Waals surface area contributed by atoms with E-state index in [2.05, 4.69) is 4.40 Å². The summed E-state index contributed by atoms with van der Waals surface area (Å²) in [6.45, 7) is 0. The van der Waals surface area contributed by atoms with Crippen molar-refractivity contribution < 1.29 is 16.8 Å². The van der Waals surface area contributed by atoms with Crippen molar-refractivity contribution in [2.24, 2.45) is 4.40 Å². The van der Waals surface area contributed by atoms with Gasteiger partial charge in [0, 0.05) is 16.2 Å². The number of hydrogen-bond acceptors (Lipinski definition) is 4. The summed E-state index contributed by atoms with van der Waals surface area (Å²) in [5.41, 5.74) is 0.0208. The Morgan fingerprint density at radius 3 is 2.40 bits per heavy atom. The molecule has 0 unspecified atom stereocenters. The van der Waals surface area contributed by atoms with E-state index in [4.69, 9.17) is 10.7 Å². The van der Waals surface area contributed by atoms with Crippen LogP contribution in [0.25, 0.3) is 0 Å². The molecule has 80 valence electrons. The fourth-order valence-corrected chi connectivity index (χ4v) is 4.02. The molecule has 1 aromatic rings. The van der Waals surface area contributed by atoms with Crippen LogP contribution in [0.3, 0.4) is 0 Å². The summed E-state index contributed by atoms with van der Waals surface area (Å²) in [6, 6.07) is 5.62. The van der Waals surface area contributed by atoms with Crippen molar-refractivity contribution in [2.45, 2.75) is 4.90 Å². The van der Waals surface area contributed by atoms with Crippen LogP contribution in [0, 0.1) is 0 Å². The number of sulfonamides is 1. The van der Waals surface area contributed by atoms with Gasteiger partial charge in [0.05, 0.1) is 4.90 Å². The maximum Gasteiger partial charge on any atom is 0.284 e. The fraction of sp³-hybridized carbons (Fsp3) is 0. The van der Waals surface area contributed by atoms with E-state index in [9.17, 15) is 16.8 Å². The maximum absolute atomic E-state index is 11.4. The highest BCUT2D eigenvalue weighted by molar-refractivity contribution is 8.26. The highest BCUT2D eigenvalue weighted by atomic mass is 35.7. The molecule has 0 fully saturated rings. The van der Waals surface area contributed by atoms with E-state index < -0.39 is 24.1 Å². The summed E-state index contributed by atoms with van der Waals surface area (Å²) in [6.07, 6.45) is 0. The Morgan fingerprint density at radius 2 is 1.80 bits per heavy atom. The van der Waals surface area contributed by atoms with Gasteiger partial charge < -0.3 is 0 Å². The van der Waals surface area contributed by atoms with Crippen molar-refractivity contribution in [3.05, 3.63) is 29.8 Å². The number of rotatable bonds is 0. The molecule has 0 amide bonds. The third kappa shape index (κ3) is 1.66.